The third-order valence-corrected chi connectivity index (χ3v) is 5.70. The number of hydrogen-bond acceptors (Lipinski definition) is 3. The molecular formula is C22H28F3N3O3. The van der Waals surface area contributed by atoms with Crippen LogP contribution in [0.4, 0.5) is 13.2 Å². The van der Waals surface area contributed by atoms with Crippen LogP contribution in [0.1, 0.15) is 51.2 Å². The van der Waals surface area contributed by atoms with Gasteiger partial charge >= 0.3 is 6.18 Å². The van der Waals surface area contributed by atoms with Crippen molar-refractivity contribution >= 4 is 17.7 Å². The molecular weight excluding hydrogens is 411 g/mol. The first-order valence-corrected chi connectivity index (χ1v) is 10.4. The standard InChI is InChI=1S/C22H28F3N3O3/c1-21(2,3)20(31)28-10-6-9-17(28)19(30)26-15-11-18(29)27(13-15)12-14-7-4-5-8-16(14)22(23,24)25/h4-5,7-8,15,17H,6,9-13H2,1-3H3,(H,26,30)/t15-,17+/m0/s1. The summed E-state index contributed by atoms with van der Waals surface area (Å²) in [7, 11) is 0. The van der Waals surface area contributed by atoms with Gasteiger partial charge in [0.05, 0.1) is 11.6 Å². The SMILES string of the molecule is CC(C)(C)C(=O)N1CCC[C@@H]1C(=O)N[C@H]1CC(=O)N(Cc2ccccc2C(F)(F)F)C1. The molecule has 6 nitrogen and oxygen atoms in total. The van der Waals surface area contributed by atoms with Crippen LogP contribution in [0.25, 0.3) is 0 Å². The first-order chi connectivity index (χ1) is 14.4. The van der Waals surface area contributed by atoms with E-state index in [-0.39, 0.29) is 42.8 Å². The molecule has 2 fully saturated rings. The number of alkyl halides is 3. The molecule has 2 aliphatic heterocycles. The molecule has 0 bridgehead atoms. The molecule has 3 rings (SSSR count). The summed E-state index contributed by atoms with van der Waals surface area (Å²) >= 11 is 0. The second-order valence-electron chi connectivity index (χ2n) is 9.25. The Labute approximate surface area is 179 Å². The van der Waals surface area contributed by atoms with Crippen LogP contribution < -0.4 is 5.32 Å². The van der Waals surface area contributed by atoms with Crippen LogP contribution in [-0.2, 0) is 27.1 Å². The fourth-order valence-electron chi connectivity index (χ4n) is 4.17. The third-order valence-electron chi connectivity index (χ3n) is 5.70. The average Bonchev–Trinajstić information content (AvgIpc) is 3.27. The molecule has 9 heteroatoms. The van der Waals surface area contributed by atoms with Crippen LogP contribution in [0.5, 0.6) is 0 Å². The lowest BCUT2D eigenvalue weighted by molar-refractivity contribution is -0.144. The Bertz CT molecular complexity index is 864. The number of nitrogens with one attached hydrogen (secondary N) is 1. The lowest BCUT2D eigenvalue weighted by Crippen LogP contribution is -2.51. The number of benzene rings is 1. The Hall–Kier alpha value is -2.58. The zero-order chi connectivity index (χ0) is 23.0. The highest BCUT2D eigenvalue weighted by atomic mass is 19.4. The van der Waals surface area contributed by atoms with E-state index in [9.17, 15) is 27.6 Å². The molecule has 0 aliphatic carbocycles. The monoisotopic (exact) mass is 439 g/mol. The minimum absolute atomic E-state index is 0.0214. The summed E-state index contributed by atoms with van der Waals surface area (Å²) in [4.78, 5) is 40.8. The molecule has 0 radical (unpaired) electrons. The number of amides is 3. The largest absolute Gasteiger partial charge is 0.416 e. The number of carbonyl (C=O) groups excluding carboxylic acids is 3. The van der Waals surface area contributed by atoms with Gasteiger partial charge in [-0.3, -0.25) is 14.4 Å². The van der Waals surface area contributed by atoms with E-state index in [2.05, 4.69) is 5.32 Å². The van der Waals surface area contributed by atoms with E-state index in [4.69, 9.17) is 0 Å². The van der Waals surface area contributed by atoms with Gasteiger partial charge < -0.3 is 15.1 Å². The van der Waals surface area contributed by atoms with Crippen LogP contribution in [0.3, 0.4) is 0 Å². The molecule has 170 valence electrons. The topological polar surface area (TPSA) is 69.7 Å². The van der Waals surface area contributed by atoms with Crippen molar-refractivity contribution in [2.75, 3.05) is 13.1 Å². The summed E-state index contributed by atoms with van der Waals surface area (Å²) < 4.78 is 39.7. The molecule has 0 saturated carbocycles. The van der Waals surface area contributed by atoms with Crippen molar-refractivity contribution in [3.8, 4) is 0 Å². The van der Waals surface area contributed by atoms with Crippen LogP contribution in [0, 0.1) is 5.41 Å². The average molecular weight is 439 g/mol. The first kappa shape index (κ1) is 23.1. The van der Waals surface area contributed by atoms with Gasteiger partial charge in [0.25, 0.3) is 0 Å². The lowest BCUT2D eigenvalue weighted by Gasteiger charge is -2.30. The molecule has 1 aromatic rings. The molecule has 1 N–H and O–H groups in total. The van der Waals surface area contributed by atoms with E-state index >= 15 is 0 Å². The van der Waals surface area contributed by atoms with Crippen molar-refractivity contribution in [1.29, 1.82) is 0 Å². The van der Waals surface area contributed by atoms with Crippen LogP contribution >= 0.6 is 0 Å². The minimum atomic E-state index is -4.50. The highest BCUT2D eigenvalue weighted by Crippen LogP contribution is 2.33. The highest BCUT2D eigenvalue weighted by Gasteiger charge is 2.41. The van der Waals surface area contributed by atoms with E-state index in [1.165, 1.54) is 23.1 Å². The van der Waals surface area contributed by atoms with Crippen molar-refractivity contribution in [3.63, 3.8) is 0 Å². The van der Waals surface area contributed by atoms with Gasteiger partial charge in [-0.2, -0.15) is 13.2 Å². The smallest absolute Gasteiger partial charge is 0.349 e. The van der Waals surface area contributed by atoms with Crippen LogP contribution in [-0.4, -0.2) is 52.7 Å². The van der Waals surface area contributed by atoms with Crippen LogP contribution in [0.2, 0.25) is 0 Å². The lowest BCUT2D eigenvalue weighted by atomic mass is 9.94. The summed E-state index contributed by atoms with van der Waals surface area (Å²) in [6.45, 7) is 5.88. The second kappa shape index (κ2) is 8.51. The Morgan fingerprint density at radius 2 is 1.84 bits per heavy atom. The molecule has 2 heterocycles. The normalized spacial score (nSPS) is 22.2. The number of nitrogens with zero attached hydrogens (tertiary/aromatic N) is 2. The Balaban J connectivity index is 1.64. The van der Waals surface area contributed by atoms with Crippen molar-refractivity contribution in [2.45, 2.75) is 64.8 Å². The Kier molecular flexibility index (Phi) is 6.34. The molecule has 3 amide bonds. The summed E-state index contributed by atoms with van der Waals surface area (Å²) in [6, 6.07) is 4.10. The van der Waals surface area contributed by atoms with E-state index in [0.717, 1.165) is 12.5 Å². The maximum atomic E-state index is 13.2. The quantitative estimate of drug-likeness (QED) is 0.784. The van der Waals surface area contributed by atoms with Crippen molar-refractivity contribution < 1.29 is 27.6 Å². The molecule has 0 spiro atoms. The van der Waals surface area contributed by atoms with Gasteiger partial charge in [-0.25, -0.2) is 0 Å². The molecule has 0 unspecified atom stereocenters. The maximum absolute atomic E-state index is 13.2. The fraction of sp³-hybridized carbons (Fsp3) is 0.591. The number of rotatable bonds is 4. The summed E-state index contributed by atoms with van der Waals surface area (Å²) in [6.07, 6.45) is -3.20. The van der Waals surface area contributed by atoms with E-state index in [0.29, 0.717) is 13.0 Å². The van der Waals surface area contributed by atoms with Crippen molar-refractivity contribution in [3.05, 3.63) is 35.4 Å². The van der Waals surface area contributed by atoms with Gasteiger partial charge in [0.15, 0.2) is 0 Å². The highest BCUT2D eigenvalue weighted by molar-refractivity contribution is 5.91. The van der Waals surface area contributed by atoms with Gasteiger partial charge in [-0.15, -0.1) is 0 Å². The minimum Gasteiger partial charge on any atom is -0.349 e. The van der Waals surface area contributed by atoms with E-state index in [1.54, 1.807) is 25.7 Å². The van der Waals surface area contributed by atoms with E-state index in [1.807, 2.05) is 0 Å². The number of hydrogen-bond donors (Lipinski definition) is 1. The van der Waals surface area contributed by atoms with Gasteiger partial charge in [0.1, 0.15) is 6.04 Å². The predicted molar refractivity (Wildman–Crippen MR) is 108 cm³/mol. The molecule has 2 aliphatic rings. The summed E-state index contributed by atoms with van der Waals surface area (Å²) in [5.41, 5.74) is -1.35. The Morgan fingerprint density at radius 1 is 1.16 bits per heavy atom. The second-order valence-corrected chi connectivity index (χ2v) is 9.25. The van der Waals surface area contributed by atoms with Gasteiger partial charge in [-0.1, -0.05) is 39.0 Å². The maximum Gasteiger partial charge on any atom is 0.416 e. The summed E-state index contributed by atoms with van der Waals surface area (Å²) in [5.74, 6) is -0.722. The predicted octanol–water partition coefficient (Wildman–Crippen LogP) is 2.96. The van der Waals surface area contributed by atoms with Crippen molar-refractivity contribution in [1.82, 2.24) is 15.1 Å². The molecule has 2 atom stereocenters. The Morgan fingerprint density at radius 3 is 2.48 bits per heavy atom. The zero-order valence-electron chi connectivity index (χ0n) is 18.0. The summed E-state index contributed by atoms with van der Waals surface area (Å²) in [5, 5.41) is 2.83. The number of halogens is 3. The molecule has 31 heavy (non-hydrogen) atoms. The van der Waals surface area contributed by atoms with Gasteiger partial charge in [0.2, 0.25) is 17.7 Å². The third kappa shape index (κ3) is 5.19. The van der Waals surface area contributed by atoms with Gasteiger partial charge in [-0.05, 0) is 24.5 Å². The van der Waals surface area contributed by atoms with Gasteiger partial charge in [0, 0.05) is 31.5 Å². The number of likely N-dealkylation sites (tertiary alicyclic amines) is 2. The number of carbonyl (C=O) groups is 3. The zero-order valence-corrected chi connectivity index (χ0v) is 18.0. The molecule has 2 saturated heterocycles. The molecule has 0 aromatic heterocycles. The van der Waals surface area contributed by atoms with Crippen LogP contribution in [0.15, 0.2) is 24.3 Å². The van der Waals surface area contributed by atoms with E-state index < -0.39 is 29.2 Å². The first-order valence-electron chi connectivity index (χ1n) is 10.4. The van der Waals surface area contributed by atoms with Crippen molar-refractivity contribution in [2.24, 2.45) is 5.41 Å². The fourth-order valence-corrected chi connectivity index (χ4v) is 4.17. The molecule has 1 aromatic carbocycles.